The van der Waals surface area contributed by atoms with Crippen molar-refractivity contribution in [1.29, 1.82) is 0 Å². The summed E-state index contributed by atoms with van der Waals surface area (Å²) in [6.45, 7) is 0. The molecule has 3 N–H and O–H groups in total. The molecule has 2 aromatic rings. The summed E-state index contributed by atoms with van der Waals surface area (Å²) >= 11 is 0. The molecule has 1 heterocycles. The molecule has 21 heavy (non-hydrogen) atoms. The fraction of sp³-hybridized carbons (Fsp3) is 0. The van der Waals surface area contributed by atoms with E-state index in [1.54, 1.807) is 0 Å². The predicted octanol–water partition coefficient (Wildman–Crippen LogP) is 1.41. The molecular formula is C11H8FN5O4. The molecule has 0 unspecified atom stereocenters. The van der Waals surface area contributed by atoms with Gasteiger partial charge in [-0.3, -0.25) is 10.1 Å². The Morgan fingerprint density at radius 1 is 1.48 bits per heavy atom. The van der Waals surface area contributed by atoms with Crippen LogP contribution in [-0.4, -0.2) is 26.2 Å². The zero-order valence-electron chi connectivity index (χ0n) is 10.3. The Kier molecular flexibility index (Phi) is 3.88. The zero-order chi connectivity index (χ0) is 15.4. The molecule has 0 aliphatic heterocycles. The number of aromatic nitrogens is 2. The van der Waals surface area contributed by atoms with E-state index in [9.17, 15) is 14.5 Å². The van der Waals surface area contributed by atoms with Crippen LogP contribution in [0.4, 0.5) is 10.1 Å². The fourth-order valence-corrected chi connectivity index (χ4v) is 1.47. The summed E-state index contributed by atoms with van der Waals surface area (Å²) in [7, 11) is 0. The third kappa shape index (κ3) is 3.00. The van der Waals surface area contributed by atoms with E-state index < -0.39 is 16.4 Å². The summed E-state index contributed by atoms with van der Waals surface area (Å²) in [6.07, 6.45) is 1.25. The van der Waals surface area contributed by atoms with Gasteiger partial charge >= 0.3 is 5.69 Å². The summed E-state index contributed by atoms with van der Waals surface area (Å²) < 4.78 is 18.4. The van der Waals surface area contributed by atoms with Gasteiger partial charge in [0.05, 0.1) is 16.7 Å². The van der Waals surface area contributed by atoms with E-state index >= 15 is 0 Å². The zero-order valence-corrected chi connectivity index (χ0v) is 10.3. The minimum atomic E-state index is -0.742. The molecule has 1 aromatic heterocycles. The molecule has 0 radical (unpaired) electrons. The molecule has 0 fully saturated rings. The van der Waals surface area contributed by atoms with Gasteiger partial charge < -0.3 is 15.7 Å². The molecular weight excluding hydrogens is 285 g/mol. The normalized spacial score (nSPS) is 11.2. The van der Waals surface area contributed by atoms with Gasteiger partial charge in [-0.15, -0.1) is 5.10 Å². The highest BCUT2D eigenvalue weighted by Gasteiger charge is 2.19. The van der Waals surface area contributed by atoms with Gasteiger partial charge in [0, 0.05) is 12.1 Å². The molecule has 0 bridgehead atoms. The largest absolute Gasteiger partial charge is 0.429 e. The van der Waals surface area contributed by atoms with Crippen molar-refractivity contribution >= 4 is 11.5 Å². The molecule has 0 spiro atoms. The Labute approximate surface area is 116 Å². The van der Waals surface area contributed by atoms with Crippen LogP contribution < -0.4 is 10.5 Å². The summed E-state index contributed by atoms with van der Waals surface area (Å²) in [5.41, 5.74) is 5.00. The maximum absolute atomic E-state index is 13.2. The van der Waals surface area contributed by atoms with Gasteiger partial charge in [0.25, 0.3) is 0 Å². The standard InChI is InChI=1S/C11H8FN5O4/c12-6-1-2-8(17(19)20)9(5-6)21-11-7(10(13)16-18)3-4-14-15-11/h1-5,18H,(H2,13,16). The third-order valence-electron chi connectivity index (χ3n) is 2.40. The van der Waals surface area contributed by atoms with Crippen molar-refractivity contribution in [3.05, 3.63) is 52.0 Å². The Morgan fingerprint density at radius 2 is 2.24 bits per heavy atom. The topological polar surface area (TPSA) is 137 Å². The fourth-order valence-electron chi connectivity index (χ4n) is 1.47. The van der Waals surface area contributed by atoms with Crippen LogP contribution in [0.15, 0.2) is 35.6 Å². The minimum Gasteiger partial charge on any atom is -0.429 e. The van der Waals surface area contributed by atoms with Gasteiger partial charge in [-0.25, -0.2) is 4.39 Å². The molecule has 10 heteroatoms. The maximum Gasteiger partial charge on any atom is 0.311 e. The van der Waals surface area contributed by atoms with E-state index in [2.05, 4.69) is 15.4 Å². The van der Waals surface area contributed by atoms with Crippen molar-refractivity contribution < 1.29 is 19.3 Å². The lowest BCUT2D eigenvalue weighted by molar-refractivity contribution is -0.385. The van der Waals surface area contributed by atoms with Crippen molar-refractivity contribution in [1.82, 2.24) is 10.2 Å². The SMILES string of the molecule is N/C(=N/O)c1ccnnc1Oc1cc(F)ccc1[N+](=O)[O-]. The molecule has 1 aromatic carbocycles. The Balaban J connectivity index is 2.48. The van der Waals surface area contributed by atoms with E-state index in [1.807, 2.05) is 0 Å². The molecule has 9 nitrogen and oxygen atoms in total. The number of ether oxygens (including phenoxy) is 1. The molecule has 2 rings (SSSR count). The van der Waals surface area contributed by atoms with Gasteiger partial charge in [-0.05, 0) is 12.1 Å². The van der Waals surface area contributed by atoms with Crippen LogP contribution in [0.3, 0.4) is 0 Å². The van der Waals surface area contributed by atoms with Crippen LogP contribution in [-0.2, 0) is 0 Å². The average molecular weight is 293 g/mol. The second-order valence-corrected chi connectivity index (χ2v) is 3.71. The Hall–Kier alpha value is -3.30. The third-order valence-corrected chi connectivity index (χ3v) is 2.40. The van der Waals surface area contributed by atoms with Crippen LogP contribution in [0.25, 0.3) is 0 Å². The summed E-state index contributed by atoms with van der Waals surface area (Å²) in [4.78, 5) is 10.1. The second-order valence-electron chi connectivity index (χ2n) is 3.71. The van der Waals surface area contributed by atoms with E-state index in [0.717, 1.165) is 18.2 Å². The molecule has 0 aliphatic rings. The van der Waals surface area contributed by atoms with Crippen molar-refractivity contribution in [2.45, 2.75) is 0 Å². The van der Waals surface area contributed by atoms with E-state index in [4.69, 9.17) is 15.7 Å². The lowest BCUT2D eigenvalue weighted by atomic mass is 10.2. The molecule has 0 amide bonds. The number of hydrogen-bond acceptors (Lipinski definition) is 7. The highest BCUT2D eigenvalue weighted by molar-refractivity contribution is 5.98. The smallest absolute Gasteiger partial charge is 0.311 e. The first-order chi connectivity index (χ1) is 10.0. The number of rotatable bonds is 4. The van der Waals surface area contributed by atoms with E-state index in [0.29, 0.717) is 0 Å². The van der Waals surface area contributed by atoms with Crippen LogP contribution in [0.5, 0.6) is 11.6 Å². The number of nitrogens with two attached hydrogens (primary N) is 1. The van der Waals surface area contributed by atoms with E-state index in [-0.39, 0.29) is 23.0 Å². The number of nitro benzene ring substituents is 1. The quantitative estimate of drug-likeness (QED) is 0.286. The lowest BCUT2D eigenvalue weighted by Gasteiger charge is -2.08. The van der Waals surface area contributed by atoms with Crippen molar-refractivity contribution in [3.8, 4) is 11.6 Å². The van der Waals surface area contributed by atoms with Crippen molar-refractivity contribution in [2.24, 2.45) is 10.9 Å². The highest BCUT2D eigenvalue weighted by Crippen LogP contribution is 2.32. The van der Waals surface area contributed by atoms with Gasteiger partial charge in [0.2, 0.25) is 11.6 Å². The van der Waals surface area contributed by atoms with Crippen molar-refractivity contribution in [3.63, 3.8) is 0 Å². The first kappa shape index (κ1) is 14.1. The van der Waals surface area contributed by atoms with Crippen LogP contribution in [0.2, 0.25) is 0 Å². The number of nitrogens with zero attached hydrogens (tertiary/aromatic N) is 4. The first-order valence-corrected chi connectivity index (χ1v) is 5.44. The minimum absolute atomic E-state index is 0.0473. The first-order valence-electron chi connectivity index (χ1n) is 5.44. The van der Waals surface area contributed by atoms with E-state index in [1.165, 1.54) is 12.3 Å². The van der Waals surface area contributed by atoms with Crippen LogP contribution in [0, 0.1) is 15.9 Å². The maximum atomic E-state index is 13.2. The lowest BCUT2D eigenvalue weighted by Crippen LogP contribution is -2.15. The Bertz CT molecular complexity index is 722. The summed E-state index contributed by atoms with van der Waals surface area (Å²) in [5.74, 6) is -1.71. The Morgan fingerprint density at radius 3 is 2.90 bits per heavy atom. The number of oxime groups is 1. The van der Waals surface area contributed by atoms with Crippen LogP contribution >= 0.6 is 0 Å². The second kappa shape index (κ2) is 5.77. The number of amidine groups is 1. The summed E-state index contributed by atoms with van der Waals surface area (Å²) in [6, 6.07) is 4.02. The number of halogens is 1. The molecule has 108 valence electrons. The monoisotopic (exact) mass is 293 g/mol. The molecule has 0 atom stereocenters. The van der Waals surface area contributed by atoms with Gasteiger partial charge in [-0.2, -0.15) is 5.10 Å². The molecule has 0 aliphatic carbocycles. The van der Waals surface area contributed by atoms with Crippen molar-refractivity contribution in [2.75, 3.05) is 0 Å². The predicted molar refractivity (Wildman–Crippen MR) is 67.7 cm³/mol. The molecule has 0 saturated heterocycles. The number of nitro groups is 1. The van der Waals surface area contributed by atoms with Gasteiger partial charge in [0.15, 0.2) is 5.84 Å². The average Bonchev–Trinajstić information content (AvgIpc) is 2.47. The number of hydrogen-bond donors (Lipinski definition) is 2. The van der Waals surface area contributed by atoms with Gasteiger partial charge in [0.1, 0.15) is 5.82 Å². The number of benzene rings is 1. The van der Waals surface area contributed by atoms with Crippen LogP contribution in [0.1, 0.15) is 5.56 Å². The highest BCUT2D eigenvalue weighted by atomic mass is 19.1. The molecule has 0 saturated carbocycles. The summed E-state index contributed by atoms with van der Waals surface area (Å²) in [5, 5.41) is 29.4. The van der Waals surface area contributed by atoms with Gasteiger partial charge in [-0.1, -0.05) is 5.16 Å².